The summed E-state index contributed by atoms with van der Waals surface area (Å²) in [5, 5.41) is 9.09. The largest absolute Gasteiger partial charge is 2.00 e. The third kappa shape index (κ3) is 3.65. The van der Waals surface area contributed by atoms with Crippen molar-refractivity contribution in [2.45, 2.75) is 16.7 Å². The summed E-state index contributed by atoms with van der Waals surface area (Å²) < 4.78 is 0. The maximum atomic E-state index is 11.1. The first-order valence-electron chi connectivity index (χ1n) is 5.15. The number of hydrogen-bond acceptors (Lipinski definition) is 2. The molecule has 2 nitrogen and oxygen atoms in total. The van der Waals surface area contributed by atoms with Crippen LogP contribution in [-0.4, -0.2) is 11.1 Å². The fraction of sp³-hybridized carbons (Fsp3) is 0.0714. The van der Waals surface area contributed by atoms with E-state index in [1.807, 2.05) is 37.3 Å². The number of aromatic carboxylic acids is 1. The van der Waals surface area contributed by atoms with Crippen molar-refractivity contribution in [3.05, 3.63) is 59.7 Å². The van der Waals surface area contributed by atoms with Crippen molar-refractivity contribution in [3.8, 4) is 0 Å². The molecule has 0 atom stereocenters. The zero-order valence-corrected chi connectivity index (χ0v) is 14.8. The molecule has 2 aromatic rings. The van der Waals surface area contributed by atoms with Crippen LogP contribution in [0.2, 0.25) is 0 Å². The van der Waals surface area contributed by atoms with E-state index < -0.39 is 5.97 Å². The Morgan fingerprint density at radius 1 is 1.22 bits per heavy atom. The zero-order chi connectivity index (χ0) is 12.3. The topological polar surface area (TPSA) is 37.3 Å². The number of aryl methyl sites for hydroxylation is 1. The Morgan fingerprint density at radius 2 is 1.94 bits per heavy atom. The van der Waals surface area contributed by atoms with Crippen LogP contribution in [0.1, 0.15) is 15.9 Å². The Hall–Kier alpha value is -0.688. The molecule has 2 rings (SSSR count). The van der Waals surface area contributed by atoms with Gasteiger partial charge < -0.3 is 5.11 Å². The van der Waals surface area contributed by atoms with Gasteiger partial charge in [0.1, 0.15) is 0 Å². The van der Waals surface area contributed by atoms with Gasteiger partial charge in [0.05, 0.1) is 5.56 Å². The van der Waals surface area contributed by atoms with Gasteiger partial charge in [-0.15, -0.1) is 5.56 Å². The van der Waals surface area contributed by atoms with E-state index in [1.54, 1.807) is 12.1 Å². The Kier molecular flexibility index (Phi) is 6.01. The second-order valence-corrected chi connectivity index (χ2v) is 4.68. The van der Waals surface area contributed by atoms with Crippen molar-refractivity contribution in [2.75, 3.05) is 0 Å². The minimum Gasteiger partial charge on any atom is -0.478 e. The van der Waals surface area contributed by atoms with Crippen LogP contribution in [0.4, 0.5) is 0 Å². The molecule has 0 fully saturated rings. The minimum atomic E-state index is -0.898. The van der Waals surface area contributed by atoms with Crippen molar-refractivity contribution in [2.24, 2.45) is 0 Å². The third-order valence-electron chi connectivity index (χ3n) is 2.37. The Balaban J connectivity index is 0.00000162. The average molecular weight is 481 g/mol. The normalized spacial score (nSPS) is 9.61. The molecule has 88 valence electrons. The van der Waals surface area contributed by atoms with Crippen LogP contribution in [0.3, 0.4) is 0 Å². The van der Waals surface area contributed by atoms with Gasteiger partial charge in [0.2, 0.25) is 0 Å². The summed E-state index contributed by atoms with van der Waals surface area (Å²) in [5.74, 6) is -0.898. The Labute approximate surface area is 134 Å². The number of rotatable bonds is 3. The van der Waals surface area contributed by atoms with Crippen LogP contribution in [-0.2, 0) is 0 Å². The predicted molar refractivity (Wildman–Crippen MR) is 67.5 cm³/mol. The molecule has 4 heteroatoms. The van der Waals surface area contributed by atoms with E-state index in [4.69, 9.17) is 5.11 Å². The standard InChI is InChI=1S/C14H11O2S.U/c1-10-6-2-4-8-12(10)17-13-9-5-3-7-11(13)14(15)16;/h2-3,5-9H,1H3,(H,15,16);/q-1;+2. The van der Waals surface area contributed by atoms with Crippen molar-refractivity contribution >= 4 is 17.7 Å². The molecule has 2 aromatic carbocycles. The van der Waals surface area contributed by atoms with E-state index >= 15 is 0 Å². The van der Waals surface area contributed by atoms with Crippen LogP contribution in [0.5, 0.6) is 0 Å². The van der Waals surface area contributed by atoms with E-state index in [9.17, 15) is 4.79 Å². The summed E-state index contributed by atoms with van der Waals surface area (Å²) in [7, 11) is 0. The van der Waals surface area contributed by atoms with E-state index in [2.05, 4.69) is 6.07 Å². The first-order chi connectivity index (χ1) is 8.18. The third-order valence-corrected chi connectivity index (χ3v) is 3.61. The molecule has 0 aromatic heterocycles. The molecule has 0 spiro atoms. The van der Waals surface area contributed by atoms with E-state index in [0.29, 0.717) is 5.56 Å². The quantitative estimate of drug-likeness (QED) is 0.681. The summed E-state index contributed by atoms with van der Waals surface area (Å²) in [6.07, 6.45) is 0. The maximum absolute atomic E-state index is 11.1. The second-order valence-electron chi connectivity index (χ2n) is 3.59. The molecule has 0 aliphatic rings. The van der Waals surface area contributed by atoms with Gasteiger partial charge in [-0.25, -0.2) is 4.79 Å². The van der Waals surface area contributed by atoms with Gasteiger partial charge in [0.25, 0.3) is 0 Å². The summed E-state index contributed by atoms with van der Waals surface area (Å²) in [5.41, 5.74) is 1.45. The van der Waals surface area contributed by atoms with Gasteiger partial charge in [-0.1, -0.05) is 24.0 Å². The van der Waals surface area contributed by atoms with Crippen LogP contribution in [0.25, 0.3) is 0 Å². The summed E-state index contributed by atoms with van der Waals surface area (Å²) in [6, 6.07) is 15.7. The molecule has 18 heavy (non-hydrogen) atoms. The molecule has 0 amide bonds. The number of carbonyl (C=O) groups is 1. The molecule has 0 bridgehead atoms. The van der Waals surface area contributed by atoms with Crippen molar-refractivity contribution in [1.29, 1.82) is 0 Å². The van der Waals surface area contributed by atoms with Crippen molar-refractivity contribution in [1.82, 2.24) is 0 Å². The zero-order valence-electron chi connectivity index (χ0n) is 9.81. The monoisotopic (exact) mass is 481 g/mol. The number of carboxylic acid groups (broad SMARTS) is 1. The smallest absolute Gasteiger partial charge is 0.478 e. The molecule has 0 saturated heterocycles. The van der Waals surface area contributed by atoms with Gasteiger partial charge in [-0.3, -0.25) is 0 Å². The van der Waals surface area contributed by atoms with Crippen LogP contribution < -0.4 is 0 Å². The van der Waals surface area contributed by atoms with E-state index in [1.165, 1.54) is 11.8 Å². The molecular weight excluding hydrogens is 470 g/mol. The number of carboxylic acids is 1. The number of hydrogen-bond donors (Lipinski definition) is 1. The van der Waals surface area contributed by atoms with Crippen LogP contribution in [0, 0.1) is 44.1 Å². The minimum absolute atomic E-state index is 0. The summed E-state index contributed by atoms with van der Waals surface area (Å²) in [4.78, 5) is 12.9. The van der Waals surface area contributed by atoms with Gasteiger partial charge in [-0.05, 0) is 12.1 Å². The van der Waals surface area contributed by atoms with Gasteiger partial charge >= 0.3 is 37.1 Å². The molecule has 0 heterocycles. The molecule has 0 saturated carbocycles. The molecular formula is C14H11O2SU+. The fourth-order valence-electron chi connectivity index (χ4n) is 1.45. The molecule has 0 aliphatic carbocycles. The van der Waals surface area contributed by atoms with Gasteiger partial charge in [-0.2, -0.15) is 36.0 Å². The first kappa shape index (κ1) is 15.4. The molecule has 0 radical (unpaired) electrons. The van der Waals surface area contributed by atoms with E-state index in [0.717, 1.165) is 15.4 Å². The van der Waals surface area contributed by atoms with Crippen molar-refractivity contribution in [3.63, 3.8) is 0 Å². The molecule has 0 unspecified atom stereocenters. The van der Waals surface area contributed by atoms with E-state index in [-0.39, 0.29) is 31.1 Å². The SMILES string of the molecule is Cc1cc[c-]cc1Sc1ccccc1C(=O)O.[U+2]. The number of benzene rings is 2. The first-order valence-corrected chi connectivity index (χ1v) is 5.97. The summed E-state index contributed by atoms with van der Waals surface area (Å²) >= 11 is 1.46. The van der Waals surface area contributed by atoms with Crippen molar-refractivity contribution < 1.29 is 41.0 Å². The molecule has 0 aliphatic heterocycles. The van der Waals surface area contributed by atoms with Gasteiger partial charge in [0, 0.05) is 4.90 Å². The van der Waals surface area contributed by atoms with Crippen LogP contribution in [0.15, 0.2) is 52.3 Å². The molecule has 1 N–H and O–H groups in total. The predicted octanol–water partition coefficient (Wildman–Crippen LogP) is 3.64. The average Bonchev–Trinajstić information content (AvgIpc) is 2.32. The van der Waals surface area contributed by atoms with Gasteiger partial charge in [0.15, 0.2) is 0 Å². The maximum Gasteiger partial charge on any atom is 2.00 e. The van der Waals surface area contributed by atoms with Crippen LogP contribution >= 0.6 is 11.8 Å². The Morgan fingerprint density at radius 3 is 2.61 bits per heavy atom. The second kappa shape index (κ2) is 7.04. The fourth-order valence-corrected chi connectivity index (χ4v) is 2.46. The Bertz CT molecular complexity index is 555. The summed E-state index contributed by atoms with van der Waals surface area (Å²) in [6.45, 7) is 2.00.